The van der Waals surface area contributed by atoms with E-state index in [0.717, 1.165) is 6.54 Å². The maximum Gasteiger partial charge on any atom is 0.311 e. The van der Waals surface area contributed by atoms with Gasteiger partial charge in [0.25, 0.3) is 0 Å². The third-order valence-corrected chi connectivity index (χ3v) is 4.73. The summed E-state index contributed by atoms with van der Waals surface area (Å²) in [6.07, 6.45) is 2.07. The second kappa shape index (κ2) is 5.68. The molecule has 124 valence electrons. The molecule has 0 saturated carbocycles. The Morgan fingerprint density at radius 1 is 1.22 bits per heavy atom. The number of rotatable bonds is 3. The fraction of sp³-hybridized carbons (Fsp3) is 0.600. The monoisotopic (exact) mass is 319 g/mol. The summed E-state index contributed by atoms with van der Waals surface area (Å²) in [6.45, 7) is 4.54. The Labute approximate surface area is 134 Å². The summed E-state index contributed by atoms with van der Waals surface area (Å²) < 4.78 is 0. The van der Waals surface area contributed by atoms with Gasteiger partial charge in [-0.15, -0.1) is 0 Å². The molecule has 2 saturated heterocycles. The molecular formula is C15H21N5O3. The van der Waals surface area contributed by atoms with Crippen molar-refractivity contribution >= 4 is 23.5 Å². The third-order valence-electron chi connectivity index (χ3n) is 4.73. The van der Waals surface area contributed by atoms with Crippen LogP contribution >= 0.6 is 0 Å². The summed E-state index contributed by atoms with van der Waals surface area (Å²) >= 11 is 0. The summed E-state index contributed by atoms with van der Waals surface area (Å²) in [5.41, 5.74) is -0.741. The van der Waals surface area contributed by atoms with Crippen LogP contribution in [0.1, 0.15) is 13.3 Å². The number of carboxylic acids is 1. The van der Waals surface area contributed by atoms with Crippen LogP contribution in [0.5, 0.6) is 0 Å². The van der Waals surface area contributed by atoms with Crippen LogP contribution in [0.15, 0.2) is 12.4 Å². The van der Waals surface area contributed by atoms with E-state index in [1.165, 1.54) is 6.33 Å². The lowest BCUT2D eigenvalue weighted by Gasteiger charge is -2.33. The molecule has 8 heteroatoms. The standard InChI is InChI=1S/C15H21N5O3/c1-15(14(22)23)3-4-20(9-15)12-7-11(16-10-17-12)19-6-5-18(2)13(21)8-19/h7,10H,3-6,8-9H2,1-2H3,(H,22,23). The van der Waals surface area contributed by atoms with Crippen molar-refractivity contribution in [1.29, 1.82) is 0 Å². The average molecular weight is 319 g/mol. The van der Waals surface area contributed by atoms with Gasteiger partial charge in [0, 0.05) is 39.3 Å². The number of amides is 1. The smallest absolute Gasteiger partial charge is 0.311 e. The molecule has 1 atom stereocenters. The minimum atomic E-state index is -0.779. The summed E-state index contributed by atoms with van der Waals surface area (Å²) in [5, 5.41) is 9.34. The lowest BCUT2D eigenvalue weighted by atomic mass is 9.90. The van der Waals surface area contributed by atoms with Gasteiger partial charge in [0.05, 0.1) is 12.0 Å². The zero-order chi connectivity index (χ0) is 16.6. The average Bonchev–Trinajstić information content (AvgIpc) is 2.94. The number of carbonyl (C=O) groups is 2. The van der Waals surface area contributed by atoms with E-state index in [4.69, 9.17) is 0 Å². The fourth-order valence-corrected chi connectivity index (χ4v) is 2.97. The summed E-state index contributed by atoms with van der Waals surface area (Å²) in [6, 6.07) is 1.84. The van der Waals surface area contributed by atoms with Gasteiger partial charge in [-0.05, 0) is 13.3 Å². The molecule has 3 rings (SSSR count). The van der Waals surface area contributed by atoms with Gasteiger partial charge in [-0.3, -0.25) is 9.59 Å². The van der Waals surface area contributed by atoms with Crippen molar-refractivity contribution < 1.29 is 14.7 Å². The van der Waals surface area contributed by atoms with E-state index in [2.05, 4.69) is 9.97 Å². The normalized spacial score (nSPS) is 25.1. The highest BCUT2D eigenvalue weighted by atomic mass is 16.4. The van der Waals surface area contributed by atoms with Crippen LogP contribution in [-0.4, -0.2) is 71.6 Å². The molecule has 2 fully saturated rings. The lowest BCUT2D eigenvalue weighted by Crippen LogP contribution is -2.48. The van der Waals surface area contributed by atoms with Crippen molar-refractivity contribution in [2.45, 2.75) is 13.3 Å². The van der Waals surface area contributed by atoms with Gasteiger partial charge < -0.3 is 19.8 Å². The Kier molecular flexibility index (Phi) is 3.83. The van der Waals surface area contributed by atoms with Gasteiger partial charge in [-0.25, -0.2) is 9.97 Å². The SMILES string of the molecule is CN1CCN(c2cc(N3CCC(C)(C(=O)O)C3)ncn2)CC1=O. The van der Waals surface area contributed by atoms with Gasteiger partial charge in [0.2, 0.25) is 5.91 Å². The fourth-order valence-electron chi connectivity index (χ4n) is 2.97. The van der Waals surface area contributed by atoms with Crippen molar-refractivity contribution in [2.75, 3.05) is 49.6 Å². The molecule has 1 aromatic rings. The minimum absolute atomic E-state index is 0.0658. The number of hydrogen-bond donors (Lipinski definition) is 1. The number of nitrogens with zero attached hydrogens (tertiary/aromatic N) is 5. The van der Waals surface area contributed by atoms with E-state index >= 15 is 0 Å². The molecule has 3 heterocycles. The highest BCUT2D eigenvalue weighted by Crippen LogP contribution is 2.33. The quantitative estimate of drug-likeness (QED) is 0.842. The van der Waals surface area contributed by atoms with Gasteiger partial charge in [-0.2, -0.15) is 0 Å². The molecule has 1 N–H and O–H groups in total. The number of anilines is 2. The summed E-state index contributed by atoms with van der Waals surface area (Å²) in [7, 11) is 1.79. The molecule has 2 aliphatic heterocycles. The van der Waals surface area contributed by atoms with Gasteiger partial charge in [-0.1, -0.05) is 0 Å². The zero-order valence-electron chi connectivity index (χ0n) is 13.4. The van der Waals surface area contributed by atoms with Crippen LogP contribution in [0.2, 0.25) is 0 Å². The predicted molar refractivity (Wildman–Crippen MR) is 84.5 cm³/mol. The van der Waals surface area contributed by atoms with E-state index in [9.17, 15) is 14.7 Å². The molecule has 1 unspecified atom stereocenters. The van der Waals surface area contributed by atoms with Crippen LogP contribution in [-0.2, 0) is 9.59 Å². The van der Waals surface area contributed by atoms with E-state index in [0.29, 0.717) is 44.2 Å². The van der Waals surface area contributed by atoms with Crippen molar-refractivity contribution in [3.05, 3.63) is 12.4 Å². The Hall–Kier alpha value is -2.38. The lowest BCUT2D eigenvalue weighted by molar-refractivity contribution is -0.146. The molecule has 0 bridgehead atoms. The number of carbonyl (C=O) groups excluding carboxylic acids is 1. The zero-order valence-corrected chi connectivity index (χ0v) is 13.4. The first kappa shape index (κ1) is 15.5. The van der Waals surface area contributed by atoms with Crippen molar-refractivity contribution in [1.82, 2.24) is 14.9 Å². The van der Waals surface area contributed by atoms with Gasteiger partial charge >= 0.3 is 5.97 Å². The molecule has 0 spiro atoms. The summed E-state index contributed by atoms with van der Waals surface area (Å²) in [5.74, 6) is 0.710. The molecule has 0 radical (unpaired) electrons. The maximum atomic E-state index is 11.8. The topological polar surface area (TPSA) is 89.9 Å². The van der Waals surface area contributed by atoms with Crippen LogP contribution < -0.4 is 9.80 Å². The highest BCUT2D eigenvalue weighted by molar-refractivity contribution is 5.82. The Morgan fingerprint density at radius 3 is 2.52 bits per heavy atom. The second-order valence-corrected chi connectivity index (χ2v) is 6.51. The Morgan fingerprint density at radius 2 is 1.91 bits per heavy atom. The Bertz CT molecular complexity index is 637. The van der Waals surface area contributed by atoms with Crippen LogP contribution in [0.25, 0.3) is 0 Å². The molecule has 0 aromatic carbocycles. The third kappa shape index (κ3) is 2.93. The van der Waals surface area contributed by atoms with Crippen molar-refractivity contribution in [3.8, 4) is 0 Å². The van der Waals surface area contributed by atoms with Crippen LogP contribution in [0.4, 0.5) is 11.6 Å². The van der Waals surface area contributed by atoms with E-state index in [-0.39, 0.29) is 5.91 Å². The van der Waals surface area contributed by atoms with E-state index in [1.807, 2.05) is 15.9 Å². The Balaban J connectivity index is 1.76. The number of carboxylic acid groups (broad SMARTS) is 1. The second-order valence-electron chi connectivity index (χ2n) is 6.51. The predicted octanol–water partition coefficient (Wildman–Crippen LogP) is 0.0560. The largest absolute Gasteiger partial charge is 0.481 e. The van der Waals surface area contributed by atoms with Crippen molar-refractivity contribution in [2.24, 2.45) is 5.41 Å². The van der Waals surface area contributed by atoms with Gasteiger partial charge in [0.15, 0.2) is 0 Å². The highest BCUT2D eigenvalue weighted by Gasteiger charge is 2.41. The summed E-state index contributed by atoms with van der Waals surface area (Å²) in [4.78, 5) is 37.4. The number of aromatic nitrogens is 2. The number of likely N-dealkylation sites (N-methyl/N-ethyl adjacent to an activating group) is 1. The molecule has 2 aliphatic rings. The molecular weight excluding hydrogens is 298 g/mol. The molecule has 1 amide bonds. The number of hydrogen-bond acceptors (Lipinski definition) is 6. The van der Waals surface area contributed by atoms with E-state index < -0.39 is 11.4 Å². The number of aliphatic carboxylic acids is 1. The first-order chi connectivity index (χ1) is 10.9. The molecule has 23 heavy (non-hydrogen) atoms. The van der Waals surface area contributed by atoms with Gasteiger partial charge in [0.1, 0.15) is 18.0 Å². The first-order valence-corrected chi connectivity index (χ1v) is 7.68. The number of piperazine rings is 1. The van der Waals surface area contributed by atoms with Crippen molar-refractivity contribution in [3.63, 3.8) is 0 Å². The molecule has 0 aliphatic carbocycles. The molecule has 8 nitrogen and oxygen atoms in total. The molecule has 1 aromatic heterocycles. The minimum Gasteiger partial charge on any atom is -0.481 e. The first-order valence-electron chi connectivity index (χ1n) is 7.68. The van der Waals surface area contributed by atoms with E-state index in [1.54, 1.807) is 18.9 Å². The van der Waals surface area contributed by atoms with Crippen LogP contribution in [0, 0.1) is 5.41 Å². The maximum absolute atomic E-state index is 11.8. The van der Waals surface area contributed by atoms with Crippen LogP contribution in [0.3, 0.4) is 0 Å².